The Balaban J connectivity index is 1.67. The van der Waals surface area contributed by atoms with Crippen LogP contribution >= 0.6 is 0 Å². The summed E-state index contributed by atoms with van der Waals surface area (Å²) in [4.78, 5) is 16.6. The van der Waals surface area contributed by atoms with E-state index in [-0.39, 0.29) is 17.5 Å². The Morgan fingerprint density at radius 3 is 2.54 bits per heavy atom. The second-order valence-corrected chi connectivity index (χ2v) is 6.94. The van der Waals surface area contributed by atoms with Gasteiger partial charge in [-0.25, -0.2) is 4.39 Å². The largest absolute Gasteiger partial charge is 0.416 e. The lowest BCUT2D eigenvalue weighted by atomic mass is 10.1. The van der Waals surface area contributed by atoms with E-state index in [1.165, 1.54) is 25.0 Å². The smallest absolute Gasteiger partial charge is 0.335 e. The molecule has 26 heavy (non-hydrogen) atoms. The molecule has 2 aliphatic heterocycles. The third kappa shape index (κ3) is 4.63. The molecule has 1 amide bonds. The van der Waals surface area contributed by atoms with Crippen molar-refractivity contribution in [1.29, 1.82) is 0 Å². The SMILES string of the molecule is O=C(/C=C/c1cc(F)cc(C(F)(F)F)c1)N1CCCC1CN1CCCC1. The molecule has 3 rings (SSSR count). The van der Waals surface area contributed by atoms with Gasteiger partial charge >= 0.3 is 6.18 Å². The van der Waals surface area contributed by atoms with Crippen LogP contribution in [-0.2, 0) is 11.0 Å². The summed E-state index contributed by atoms with van der Waals surface area (Å²) in [5.41, 5.74) is -1.03. The van der Waals surface area contributed by atoms with Gasteiger partial charge in [0.25, 0.3) is 0 Å². The van der Waals surface area contributed by atoms with E-state index in [1.54, 1.807) is 4.90 Å². The summed E-state index contributed by atoms with van der Waals surface area (Å²) in [6.45, 7) is 3.60. The van der Waals surface area contributed by atoms with Gasteiger partial charge in [-0.15, -0.1) is 0 Å². The van der Waals surface area contributed by atoms with Crippen molar-refractivity contribution < 1.29 is 22.4 Å². The molecule has 142 valence electrons. The Labute approximate surface area is 150 Å². The minimum absolute atomic E-state index is 0.0287. The molecule has 1 unspecified atom stereocenters. The first-order valence-corrected chi connectivity index (χ1v) is 8.92. The highest BCUT2D eigenvalue weighted by molar-refractivity contribution is 5.92. The lowest BCUT2D eigenvalue weighted by Gasteiger charge is -2.27. The molecule has 0 aromatic heterocycles. The maximum Gasteiger partial charge on any atom is 0.416 e. The van der Waals surface area contributed by atoms with Crippen molar-refractivity contribution in [2.24, 2.45) is 0 Å². The molecule has 0 N–H and O–H groups in total. The van der Waals surface area contributed by atoms with Gasteiger partial charge < -0.3 is 9.80 Å². The third-order valence-electron chi connectivity index (χ3n) is 4.99. The molecule has 0 radical (unpaired) electrons. The zero-order valence-electron chi connectivity index (χ0n) is 14.4. The van der Waals surface area contributed by atoms with Crippen LogP contribution in [0.25, 0.3) is 6.08 Å². The highest BCUT2D eigenvalue weighted by atomic mass is 19.4. The first-order chi connectivity index (χ1) is 12.3. The maximum absolute atomic E-state index is 13.4. The lowest BCUT2D eigenvalue weighted by Crippen LogP contribution is -2.41. The van der Waals surface area contributed by atoms with Crippen molar-refractivity contribution in [3.05, 3.63) is 41.2 Å². The molecule has 2 heterocycles. The van der Waals surface area contributed by atoms with Crippen molar-refractivity contribution in [3.63, 3.8) is 0 Å². The van der Waals surface area contributed by atoms with E-state index in [0.717, 1.165) is 44.6 Å². The van der Waals surface area contributed by atoms with Gasteiger partial charge in [-0.1, -0.05) is 0 Å². The van der Waals surface area contributed by atoms with Crippen LogP contribution in [0.15, 0.2) is 24.3 Å². The van der Waals surface area contributed by atoms with E-state index in [4.69, 9.17) is 0 Å². The summed E-state index contributed by atoms with van der Waals surface area (Å²) in [6, 6.07) is 2.43. The highest BCUT2D eigenvalue weighted by Gasteiger charge is 2.32. The number of carbonyl (C=O) groups is 1. The van der Waals surface area contributed by atoms with Crippen LogP contribution in [0.4, 0.5) is 17.6 Å². The van der Waals surface area contributed by atoms with Gasteiger partial charge in [0.1, 0.15) is 5.82 Å². The average Bonchev–Trinajstić information content (AvgIpc) is 3.23. The molecule has 0 bridgehead atoms. The molecule has 7 heteroatoms. The van der Waals surface area contributed by atoms with Gasteiger partial charge in [0.2, 0.25) is 5.91 Å². The number of nitrogens with zero attached hydrogens (tertiary/aromatic N) is 2. The van der Waals surface area contributed by atoms with Crippen LogP contribution in [0.2, 0.25) is 0 Å². The monoisotopic (exact) mass is 370 g/mol. The van der Waals surface area contributed by atoms with Crippen LogP contribution in [-0.4, -0.2) is 47.9 Å². The van der Waals surface area contributed by atoms with Crippen molar-refractivity contribution in [2.75, 3.05) is 26.2 Å². The minimum atomic E-state index is -4.62. The topological polar surface area (TPSA) is 23.6 Å². The Bertz CT molecular complexity index is 681. The first kappa shape index (κ1) is 18.9. The van der Waals surface area contributed by atoms with E-state index >= 15 is 0 Å². The molecule has 2 aliphatic rings. The van der Waals surface area contributed by atoms with E-state index < -0.39 is 17.6 Å². The Morgan fingerprint density at radius 2 is 1.85 bits per heavy atom. The standard InChI is InChI=1S/C19H22F4N2O/c20-16-11-14(10-15(12-16)19(21,22)23)5-6-18(26)25-9-3-4-17(25)13-24-7-1-2-8-24/h5-6,10-12,17H,1-4,7-9,13H2/b6-5+. The molecule has 1 atom stereocenters. The highest BCUT2D eigenvalue weighted by Crippen LogP contribution is 2.30. The van der Waals surface area contributed by atoms with Gasteiger partial charge in [-0.05, 0) is 68.6 Å². The van der Waals surface area contributed by atoms with Crippen LogP contribution in [0.5, 0.6) is 0 Å². The normalized spacial score (nSPS) is 21.8. The summed E-state index contributed by atoms with van der Waals surface area (Å²) < 4.78 is 51.7. The Hall–Kier alpha value is -1.89. The van der Waals surface area contributed by atoms with Crippen molar-refractivity contribution >= 4 is 12.0 Å². The number of alkyl halides is 3. The van der Waals surface area contributed by atoms with Gasteiger partial charge in [0, 0.05) is 25.2 Å². The Kier molecular flexibility index (Phi) is 5.65. The molecular formula is C19H22F4N2O. The lowest BCUT2D eigenvalue weighted by molar-refractivity contribution is -0.137. The van der Waals surface area contributed by atoms with Crippen LogP contribution < -0.4 is 0 Å². The molecule has 2 saturated heterocycles. The van der Waals surface area contributed by atoms with E-state index in [1.807, 2.05) is 0 Å². The number of hydrogen-bond acceptors (Lipinski definition) is 2. The predicted octanol–water partition coefficient (Wildman–Crippen LogP) is 3.94. The number of benzene rings is 1. The molecule has 1 aromatic carbocycles. The fourth-order valence-corrected chi connectivity index (χ4v) is 3.71. The number of carbonyl (C=O) groups excluding carboxylic acids is 1. The number of rotatable bonds is 4. The quantitative estimate of drug-likeness (QED) is 0.592. The molecule has 0 aliphatic carbocycles. The van der Waals surface area contributed by atoms with E-state index in [2.05, 4.69) is 4.90 Å². The van der Waals surface area contributed by atoms with Crippen molar-refractivity contribution in [2.45, 2.75) is 37.9 Å². The zero-order valence-corrected chi connectivity index (χ0v) is 14.4. The number of halogens is 4. The molecule has 2 fully saturated rings. The fraction of sp³-hybridized carbons (Fsp3) is 0.526. The summed E-state index contributed by atoms with van der Waals surface area (Å²) in [7, 11) is 0. The second kappa shape index (κ2) is 7.78. The van der Waals surface area contributed by atoms with Crippen molar-refractivity contribution in [1.82, 2.24) is 9.80 Å². The second-order valence-electron chi connectivity index (χ2n) is 6.94. The number of hydrogen-bond donors (Lipinski definition) is 0. The van der Waals surface area contributed by atoms with E-state index in [9.17, 15) is 22.4 Å². The molecule has 0 spiro atoms. The summed E-state index contributed by atoms with van der Waals surface area (Å²) in [5.74, 6) is -1.20. The summed E-state index contributed by atoms with van der Waals surface area (Å²) in [5, 5.41) is 0. The summed E-state index contributed by atoms with van der Waals surface area (Å²) in [6.07, 6.45) is 2.11. The van der Waals surface area contributed by atoms with Gasteiger partial charge in [-0.2, -0.15) is 13.2 Å². The molecule has 1 aromatic rings. The maximum atomic E-state index is 13.4. The van der Waals surface area contributed by atoms with Crippen molar-refractivity contribution in [3.8, 4) is 0 Å². The molecule has 0 saturated carbocycles. The Morgan fingerprint density at radius 1 is 1.12 bits per heavy atom. The zero-order chi connectivity index (χ0) is 18.7. The van der Waals surface area contributed by atoms with Gasteiger partial charge in [-0.3, -0.25) is 4.79 Å². The van der Waals surface area contributed by atoms with Crippen LogP contribution in [0.3, 0.4) is 0 Å². The molecular weight excluding hydrogens is 348 g/mol. The number of amides is 1. The first-order valence-electron chi connectivity index (χ1n) is 8.92. The predicted molar refractivity (Wildman–Crippen MR) is 90.8 cm³/mol. The van der Waals surface area contributed by atoms with Gasteiger partial charge in [0.15, 0.2) is 0 Å². The van der Waals surface area contributed by atoms with Crippen LogP contribution in [0, 0.1) is 5.82 Å². The number of likely N-dealkylation sites (tertiary alicyclic amines) is 2. The fourth-order valence-electron chi connectivity index (χ4n) is 3.71. The van der Waals surface area contributed by atoms with E-state index in [0.29, 0.717) is 12.6 Å². The van der Waals surface area contributed by atoms with Gasteiger partial charge in [0.05, 0.1) is 5.56 Å². The minimum Gasteiger partial charge on any atom is -0.335 e. The summed E-state index contributed by atoms with van der Waals surface area (Å²) >= 11 is 0. The van der Waals surface area contributed by atoms with Crippen LogP contribution in [0.1, 0.15) is 36.8 Å². The third-order valence-corrected chi connectivity index (χ3v) is 4.99. The molecule has 3 nitrogen and oxygen atoms in total. The average molecular weight is 370 g/mol.